The smallest absolute Gasteiger partial charge is 0.416 e. The van der Waals surface area contributed by atoms with Gasteiger partial charge < -0.3 is 9.15 Å². The molecule has 0 N–H and O–H groups in total. The van der Waals surface area contributed by atoms with Crippen molar-refractivity contribution in [1.29, 1.82) is 0 Å². The summed E-state index contributed by atoms with van der Waals surface area (Å²) in [5.41, 5.74) is -0.873. The highest BCUT2D eigenvalue weighted by molar-refractivity contribution is 5.95. The molecule has 3 aromatic rings. The van der Waals surface area contributed by atoms with Gasteiger partial charge in [-0.1, -0.05) is 12.1 Å². The van der Waals surface area contributed by atoms with Gasteiger partial charge in [0.1, 0.15) is 17.8 Å². The molecule has 0 saturated carbocycles. The Hall–Kier alpha value is -3.23. The fourth-order valence-electron chi connectivity index (χ4n) is 2.62. The van der Waals surface area contributed by atoms with Crippen LogP contribution in [0.5, 0.6) is 5.75 Å². The molecule has 1 heterocycles. The lowest BCUT2D eigenvalue weighted by atomic mass is 10.1. The Bertz CT molecular complexity index is 1040. The maximum absolute atomic E-state index is 14.3. The van der Waals surface area contributed by atoms with Crippen molar-refractivity contribution < 1.29 is 35.9 Å². The summed E-state index contributed by atoms with van der Waals surface area (Å²) in [6.45, 7) is 2.51. The summed E-state index contributed by atoms with van der Waals surface area (Å²) < 4.78 is 76.6. The number of nitrogens with zero attached hydrogens (tertiary/aromatic N) is 1. The van der Waals surface area contributed by atoms with Crippen LogP contribution in [0, 0.1) is 11.6 Å². The molecular formula is C20H14F5NO3. The average Bonchev–Trinajstić information content (AvgIpc) is 3.13. The van der Waals surface area contributed by atoms with E-state index in [0.29, 0.717) is 5.56 Å². The first-order valence-electron chi connectivity index (χ1n) is 8.36. The van der Waals surface area contributed by atoms with Crippen LogP contribution < -0.4 is 4.74 Å². The zero-order chi connectivity index (χ0) is 21.3. The van der Waals surface area contributed by atoms with Crippen LogP contribution in [0.15, 0.2) is 47.1 Å². The summed E-state index contributed by atoms with van der Waals surface area (Å²) in [6.07, 6.45) is -4.15. The van der Waals surface area contributed by atoms with E-state index in [1.165, 1.54) is 25.3 Å². The molecule has 1 atom stereocenters. The lowest BCUT2D eigenvalue weighted by Gasteiger charge is -2.13. The van der Waals surface area contributed by atoms with Gasteiger partial charge in [0, 0.05) is 5.56 Å². The van der Waals surface area contributed by atoms with E-state index in [1.807, 2.05) is 0 Å². The highest BCUT2D eigenvalue weighted by Gasteiger charge is 2.30. The van der Waals surface area contributed by atoms with Gasteiger partial charge in [-0.15, -0.1) is 0 Å². The average molecular weight is 411 g/mol. The van der Waals surface area contributed by atoms with Crippen molar-refractivity contribution in [2.75, 3.05) is 0 Å². The second-order valence-corrected chi connectivity index (χ2v) is 6.20. The Morgan fingerprint density at radius 3 is 2.34 bits per heavy atom. The van der Waals surface area contributed by atoms with Gasteiger partial charge in [-0.05, 0) is 38.1 Å². The molecule has 0 spiro atoms. The lowest BCUT2D eigenvalue weighted by molar-refractivity contribution is -0.137. The molecule has 9 heteroatoms. The molecule has 0 fully saturated rings. The molecule has 2 aromatic carbocycles. The number of aromatic nitrogens is 1. The summed E-state index contributed by atoms with van der Waals surface area (Å²) in [6, 6.07) is 6.27. The van der Waals surface area contributed by atoms with E-state index >= 15 is 0 Å². The first kappa shape index (κ1) is 20.5. The molecule has 0 aliphatic rings. The van der Waals surface area contributed by atoms with Crippen LogP contribution in [0.25, 0.3) is 11.3 Å². The molecule has 3 rings (SSSR count). The molecule has 0 radical (unpaired) electrons. The monoisotopic (exact) mass is 411 g/mol. The molecule has 0 unspecified atom stereocenters. The third-order valence-electron chi connectivity index (χ3n) is 4.09. The summed E-state index contributed by atoms with van der Waals surface area (Å²) in [5, 5.41) is 0. The van der Waals surface area contributed by atoms with Gasteiger partial charge in [0.25, 0.3) is 0 Å². The largest absolute Gasteiger partial charge is 0.478 e. The van der Waals surface area contributed by atoms with Crippen LogP contribution in [0.2, 0.25) is 0 Å². The Balaban J connectivity index is 1.81. The molecule has 1 aromatic heterocycles. The van der Waals surface area contributed by atoms with E-state index in [0.717, 1.165) is 31.2 Å². The fraction of sp³-hybridized carbons (Fsp3) is 0.200. The predicted octanol–water partition coefficient (Wildman–Crippen LogP) is 5.98. The Morgan fingerprint density at radius 2 is 1.76 bits per heavy atom. The van der Waals surface area contributed by atoms with Crippen molar-refractivity contribution >= 4 is 5.78 Å². The maximum Gasteiger partial charge on any atom is 0.416 e. The van der Waals surface area contributed by atoms with Crippen molar-refractivity contribution in [3.63, 3.8) is 0 Å². The van der Waals surface area contributed by atoms with Crippen molar-refractivity contribution in [1.82, 2.24) is 4.98 Å². The maximum atomic E-state index is 14.3. The number of carbonyl (C=O) groups excluding carboxylic acids is 1. The van der Waals surface area contributed by atoms with Crippen LogP contribution in [0.4, 0.5) is 22.0 Å². The number of Topliss-reactive ketones (excluding diaryl/α,β-unsaturated/α-hetero) is 1. The van der Waals surface area contributed by atoms with Crippen LogP contribution in [-0.4, -0.2) is 10.8 Å². The normalized spacial score (nSPS) is 12.7. The summed E-state index contributed by atoms with van der Waals surface area (Å²) in [4.78, 5) is 15.5. The van der Waals surface area contributed by atoms with E-state index in [-0.39, 0.29) is 17.3 Å². The molecule has 152 valence electrons. The minimum atomic E-state index is -4.45. The van der Waals surface area contributed by atoms with Crippen molar-refractivity contribution in [3.05, 3.63) is 71.3 Å². The first-order chi connectivity index (χ1) is 13.6. The first-order valence-corrected chi connectivity index (χ1v) is 8.36. The number of halogens is 5. The molecule has 4 nitrogen and oxygen atoms in total. The fourth-order valence-corrected chi connectivity index (χ4v) is 2.62. The number of hydrogen-bond acceptors (Lipinski definition) is 4. The minimum Gasteiger partial charge on any atom is -0.478 e. The standard InChI is InChI=1S/C20H14F5NO3/c1-10(27)17-14(21)7-8-16(18(17)22)29-11(2)19-26-15(9-28-19)12-3-5-13(6-4-12)20(23,24)25/h3-9,11H,1-2H3/t11-/m1/s1. The summed E-state index contributed by atoms with van der Waals surface area (Å²) >= 11 is 0. The topological polar surface area (TPSA) is 52.3 Å². The van der Waals surface area contributed by atoms with Crippen molar-refractivity contribution in [2.24, 2.45) is 0 Å². The van der Waals surface area contributed by atoms with Crippen molar-refractivity contribution in [2.45, 2.75) is 26.1 Å². The van der Waals surface area contributed by atoms with Gasteiger partial charge in [0.05, 0.1) is 11.1 Å². The van der Waals surface area contributed by atoms with E-state index in [4.69, 9.17) is 9.15 Å². The van der Waals surface area contributed by atoms with E-state index in [2.05, 4.69) is 4.98 Å². The number of hydrogen-bond donors (Lipinski definition) is 0. The highest BCUT2D eigenvalue weighted by atomic mass is 19.4. The van der Waals surface area contributed by atoms with Gasteiger partial charge in [-0.25, -0.2) is 13.8 Å². The summed E-state index contributed by atoms with van der Waals surface area (Å²) in [7, 11) is 0. The molecule has 0 saturated heterocycles. The Labute approximate surface area is 161 Å². The highest BCUT2D eigenvalue weighted by Crippen LogP contribution is 2.32. The summed E-state index contributed by atoms with van der Waals surface area (Å²) in [5.74, 6) is -3.28. The van der Waals surface area contributed by atoms with Gasteiger partial charge >= 0.3 is 6.18 Å². The Morgan fingerprint density at radius 1 is 1.10 bits per heavy atom. The molecule has 29 heavy (non-hydrogen) atoms. The number of rotatable bonds is 5. The van der Waals surface area contributed by atoms with Gasteiger partial charge in [-0.3, -0.25) is 4.79 Å². The molecular weight excluding hydrogens is 397 g/mol. The third kappa shape index (κ3) is 4.28. The van der Waals surface area contributed by atoms with Crippen LogP contribution in [-0.2, 0) is 6.18 Å². The number of ketones is 1. The lowest BCUT2D eigenvalue weighted by Crippen LogP contribution is -2.08. The van der Waals surface area contributed by atoms with Crippen molar-refractivity contribution in [3.8, 4) is 17.0 Å². The van der Waals surface area contributed by atoms with Crippen LogP contribution in [0.3, 0.4) is 0 Å². The number of oxazole rings is 1. The molecule has 0 bridgehead atoms. The number of benzene rings is 2. The second kappa shape index (κ2) is 7.65. The Kier molecular flexibility index (Phi) is 5.41. The number of ether oxygens (including phenoxy) is 1. The zero-order valence-electron chi connectivity index (χ0n) is 15.2. The van der Waals surface area contributed by atoms with E-state index < -0.39 is 40.8 Å². The van der Waals surface area contributed by atoms with E-state index in [9.17, 15) is 26.7 Å². The van der Waals surface area contributed by atoms with Crippen LogP contribution in [0.1, 0.15) is 41.8 Å². The van der Waals surface area contributed by atoms with Gasteiger partial charge in [0.15, 0.2) is 23.5 Å². The zero-order valence-corrected chi connectivity index (χ0v) is 15.2. The molecule has 0 aliphatic heterocycles. The number of alkyl halides is 3. The van der Waals surface area contributed by atoms with Crippen LogP contribution >= 0.6 is 0 Å². The second-order valence-electron chi connectivity index (χ2n) is 6.20. The predicted molar refractivity (Wildman–Crippen MR) is 92.3 cm³/mol. The SMILES string of the molecule is CC(=O)c1c(F)ccc(O[C@H](C)c2nc(-c3ccc(C(F)(F)F)cc3)co2)c1F. The van der Waals surface area contributed by atoms with E-state index in [1.54, 1.807) is 0 Å². The molecule has 0 aliphatic carbocycles. The van der Waals surface area contributed by atoms with Gasteiger partial charge in [0.2, 0.25) is 5.89 Å². The van der Waals surface area contributed by atoms with Gasteiger partial charge in [-0.2, -0.15) is 13.2 Å². The quantitative estimate of drug-likeness (QED) is 0.383. The third-order valence-corrected chi connectivity index (χ3v) is 4.09. The number of carbonyl (C=O) groups is 1. The minimum absolute atomic E-state index is 0.0213. The molecule has 0 amide bonds.